The molecule has 3 rings (SSSR count). The maximum Gasteiger partial charge on any atom is 0.228 e. The van der Waals surface area contributed by atoms with Crippen LogP contribution in [0.1, 0.15) is 6.42 Å². The van der Waals surface area contributed by atoms with E-state index in [1.54, 1.807) is 17.0 Å². The number of rotatable bonds is 5. The minimum absolute atomic E-state index is 0.0625. The molecule has 27 heavy (non-hydrogen) atoms. The Morgan fingerprint density at radius 2 is 1.96 bits per heavy atom. The Bertz CT molecular complexity index is 707. The van der Waals surface area contributed by atoms with Crippen LogP contribution in [0.25, 0.3) is 0 Å². The summed E-state index contributed by atoms with van der Waals surface area (Å²) in [6, 6.07) is 4.69. The van der Waals surface area contributed by atoms with Gasteiger partial charge < -0.3 is 19.6 Å². The Morgan fingerprint density at radius 1 is 1.26 bits per heavy atom. The molecule has 0 bridgehead atoms. The van der Waals surface area contributed by atoms with Crippen LogP contribution in [0, 0.1) is 11.7 Å². The maximum absolute atomic E-state index is 13.3. The summed E-state index contributed by atoms with van der Waals surface area (Å²) in [4.78, 5) is 32.7. The Morgan fingerprint density at radius 3 is 2.59 bits per heavy atom. The molecule has 2 aliphatic heterocycles. The van der Waals surface area contributed by atoms with E-state index in [2.05, 4.69) is 4.90 Å². The van der Waals surface area contributed by atoms with Crippen molar-refractivity contribution in [2.45, 2.75) is 6.42 Å². The summed E-state index contributed by atoms with van der Waals surface area (Å²) in [7, 11) is 3.94. The molecule has 2 fully saturated rings. The van der Waals surface area contributed by atoms with Crippen LogP contribution in [-0.2, 0) is 9.59 Å². The van der Waals surface area contributed by atoms with Crippen LogP contribution in [0.5, 0.6) is 0 Å². The summed E-state index contributed by atoms with van der Waals surface area (Å²) >= 11 is 5.86. The van der Waals surface area contributed by atoms with Gasteiger partial charge in [0.1, 0.15) is 5.82 Å². The maximum atomic E-state index is 13.3. The van der Waals surface area contributed by atoms with Crippen molar-refractivity contribution in [2.24, 2.45) is 5.92 Å². The zero-order valence-corrected chi connectivity index (χ0v) is 16.6. The highest BCUT2D eigenvalue weighted by Crippen LogP contribution is 2.25. The van der Waals surface area contributed by atoms with Crippen molar-refractivity contribution in [2.75, 3.05) is 64.8 Å². The molecule has 8 heteroatoms. The second-order valence-electron chi connectivity index (χ2n) is 7.45. The van der Waals surface area contributed by atoms with Crippen molar-refractivity contribution in [1.82, 2.24) is 14.7 Å². The molecule has 0 unspecified atom stereocenters. The quantitative estimate of drug-likeness (QED) is 0.757. The van der Waals surface area contributed by atoms with Crippen LogP contribution in [0.15, 0.2) is 18.2 Å². The van der Waals surface area contributed by atoms with Gasteiger partial charge in [-0.2, -0.15) is 0 Å². The molecule has 0 saturated carbocycles. The standard InChI is InChI=1S/C19H26ClFN4O2/c1-22(2)5-6-25-13-14(11-18(25)26)19(27)24-9-7-23(8-10-24)15-3-4-17(21)16(20)12-15/h3-4,12,14H,5-11,13H2,1-2H3/t14-/m1/s1. The lowest BCUT2D eigenvalue weighted by atomic mass is 10.1. The summed E-state index contributed by atoms with van der Waals surface area (Å²) in [5.74, 6) is -0.548. The van der Waals surface area contributed by atoms with Gasteiger partial charge in [0.15, 0.2) is 0 Å². The molecule has 0 aromatic heterocycles. The van der Waals surface area contributed by atoms with Gasteiger partial charge in [0, 0.05) is 57.9 Å². The van der Waals surface area contributed by atoms with E-state index in [1.165, 1.54) is 6.07 Å². The number of piperazine rings is 1. The molecule has 2 heterocycles. The summed E-state index contributed by atoms with van der Waals surface area (Å²) in [6.45, 7) is 4.49. The fourth-order valence-electron chi connectivity index (χ4n) is 3.60. The first-order chi connectivity index (χ1) is 12.8. The molecule has 2 aliphatic rings. The van der Waals surface area contributed by atoms with Crippen molar-refractivity contribution >= 4 is 29.1 Å². The lowest BCUT2D eigenvalue weighted by molar-refractivity contribution is -0.136. The van der Waals surface area contributed by atoms with Crippen molar-refractivity contribution < 1.29 is 14.0 Å². The van der Waals surface area contributed by atoms with Gasteiger partial charge >= 0.3 is 0 Å². The zero-order chi connectivity index (χ0) is 19.6. The lowest BCUT2D eigenvalue weighted by Crippen LogP contribution is -2.50. The monoisotopic (exact) mass is 396 g/mol. The van der Waals surface area contributed by atoms with Gasteiger partial charge in [-0.25, -0.2) is 4.39 Å². The van der Waals surface area contributed by atoms with E-state index < -0.39 is 5.82 Å². The molecule has 148 valence electrons. The molecule has 0 aliphatic carbocycles. The van der Waals surface area contributed by atoms with Crippen LogP contribution in [0.3, 0.4) is 0 Å². The predicted molar refractivity (Wildman–Crippen MR) is 103 cm³/mol. The average Bonchev–Trinajstić information content (AvgIpc) is 3.02. The van der Waals surface area contributed by atoms with Crippen LogP contribution < -0.4 is 4.90 Å². The number of halogens is 2. The van der Waals surface area contributed by atoms with Gasteiger partial charge in [-0.3, -0.25) is 9.59 Å². The van der Waals surface area contributed by atoms with Gasteiger partial charge in [0.2, 0.25) is 11.8 Å². The number of anilines is 1. The van der Waals surface area contributed by atoms with E-state index >= 15 is 0 Å². The molecule has 0 N–H and O–H groups in total. The highest BCUT2D eigenvalue weighted by Gasteiger charge is 2.37. The SMILES string of the molecule is CN(C)CCN1C[C@H](C(=O)N2CCN(c3ccc(F)c(Cl)c3)CC2)CC1=O. The third-order valence-electron chi connectivity index (χ3n) is 5.24. The Balaban J connectivity index is 1.52. The van der Waals surface area contributed by atoms with Crippen LogP contribution >= 0.6 is 11.6 Å². The van der Waals surface area contributed by atoms with E-state index in [1.807, 2.05) is 23.9 Å². The minimum Gasteiger partial charge on any atom is -0.368 e. The fraction of sp³-hybridized carbons (Fsp3) is 0.579. The second-order valence-corrected chi connectivity index (χ2v) is 7.86. The number of likely N-dealkylation sites (N-methyl/N-ethyl adjacent to an activating group) is 1. The summed E-state index contributed by atoms with van der Waals surface area (Å²) in [5.41, 5.74) is 0.861. The number of nitrogens with zero attached hydrogens (tertiary/aromatic N) is 4. The summed E-state index contributed by atoms with van der Waals surface area (Å²) < 4.78 is 13.3. The van der Waals surface area contributed by atoms with E-state index in [-0.39, 0.29) is 22.8 Å². The third kappa shape index (κ3) is 4.71. The number of hydrogen-bond donors (Lipinski definition) is 0. The molecular formula is C19H26ClFN4O2. The first-order valence-corrected chi connectivity index (χ1v) is 9.64. The van der Waals surface area contributed by atoms with Crippen molar-refractivity contribution in [3.63, 3.8) is 0 Å². The predicted octanol–water partition coefficient (Wildman–Crippen LogP) is 1.54. The van der Waals surface area contributed by atoms with Crippen molar-refractivity contribution in [1.29, 1.82) is 0 Å². The zero-order valence-electron chi connectivity index (χ0n) is 15.8. The van der Waals surface area contributed by atoms with Gasteiger partial charge in [-0.05, 0) is 32.3 Å². The third-order valence-corrected chi connectivity index (χ3v) is 5.53. The van der Waals surface area contributed by atoms with Crippen LogP contribution in [0.2, 0.25) is 5.02 Å². The van der Waals surface area contributed by atoms with E-state index in [0.29, 0.717) is 45.7 Å². The normalized spacial score (nSPS) is 20.7. The largest absolute Gasteiger partial charge is 0.368 e. The van der Waals surface area contributed by atoms with E-state index in [4.69, 9.17) is 11.6 Å². The second kappa shape index (κ2) is 8.44. The number of hydrogen-bond acceptors (Lipinski definition) is 4. The molecular weight excluding hydrogens is 371 g/mol. The molecule has 0 radical (unpaired) electrons. The molecule has 6 nitrogen and oxygen atoms in total. The number of carbonyl (C=O) groups is 2. The number of likely N-dealkylation sites (tertiary alicyclic amines) is 1. The molecule has 0 spiro atoms. The smallest absolute Gasteiger partial charge is 0.228 e. The Kier molecular flexibility index (Phi) is 6.22. The summed E-state index contributed by atoms with van der Waals surface area (Å²) in [6.07, 6.45) is 0.306. The fourth-order valence-corrected chi connectivity index (χ4v) is 3.77. The van der Waals surface area contributed by atoms with Crippen molar-refractivity contribution in [3.8, 4) is 0 Å². The number of carbonyl (C=O) groups excluding carboxylic acids is 2. The minimum atomic E-state index is -0.432. The summed E-state index contributed by atoms with van der Waals surface area (Å²) in [5, 5.41) is 0.105. The Labute approximate surface area is 164 Å². The number of benzene rings is 1. The first-order valence-electron chi connectivity index (χ1n) is 9.26. The van der Waals surface area contributed by atoms with Gasteiger partial charge in [-0.1, -0.05) is 11.6 Å². The lowest BCUT2D eigenvalue weighted by Gasteiger charge is -2.37. The average molecular weight is 397 g/mol. The van der Waals surface area contributed by atoms with E-state index in [0.717, 1.165) is 12.2 Å². The topological polar surface area (TPSA) is 47.1 Å². The molecule has 1 atom stereocenters. The van der Waals surface area contributed by atoms with Crippen molar-refractivity contribution in [3.05, 3.63) is 29.0 Å². The van der Waals surface area contributed by atoms with E-state index in [9.17, 15) is 14.0 Å². The molecule has 1 aromatic rings. The van der Waals surface area contributed by atoms with Gasteiger partial charge in [0.05, 0.1) is 10.9 Å². The van der Waals surface area contributed by atoms with Gasteiger partial charge in [-0.15, -0.1) is 0 Å². The van der Waals surface area contributed by atoms with Crippen LogP contribution in [0.4, 0.5) is 10.1 Å². The first kappa shape index (κ1) is 19.9. The highest BCUT2D eigenvalue weighted by atomic mass is 35.5. The molecule has 2 amide bonds. The Hall–Kier alpha value is -1.86. The molecule has 2 saturated heterocycles. The number of amides is 2. The highest BCUT2D eigenvalue weighted by molar-refractivity contribution is 6.31. The van der Waals surface area contributed by atoms with Crippen LogP contribution in [-0.4, -0.2) is 86.4 Å². The molecule has 1 aromatic carbocycles. The van der Waals surface area contributed by atoms with Gasteiger partial charge in [0.25, 0.3) is 0 Å².